The fraction of sp³-hybridized carbons (Fsp3) is 0. The third kappa shape index (κ3) is 2.30. The maximum absolute atomic E-state index is 11.7. The molecular weight excluding hydrogens is 206 g/mol. The number of aromatic nitrogens is 3. The van der Waals surface area contributed by atoms with Gasteiger partial charge in [0.05, 0.1) is 0 Å². The first-order valence-corrected chi connectivity index (χ1v) is 4.56. The molecule has 0 aliphatic rings. The van der Waals surface area contributed by atoms with Gasteiger partial charge in [0.15, 0.2) is 5.69 Å². The topological polar surface area (TPSA) is 93.8 Å². The minimum atomic E-state index is -0.335. The zero-order valence-corrected chi connectivity index (χ0v) is 8.29. The Morgan fingerprint density at radius 3 is 2.50 bits per heavy atom. The Hall–Kier alpha value is -2.50. The molecule has 3 N–H and O–H groups in total. The predicted octanol–water partition coefficient (Wildman–Crippen LogP) is 0.706. The number of carbonyl (C=O) groups excluding carboxylic acids is 1. The van der Waals surface area contributed by atoms with Gasteiger partial charge in [-0.3, -0.25) is 9.78 Å². The number of amides is 1. The van der Waals surface area contributed by atoms with Gasteiger partial charge in [-0.1, -0.05) is 0 Å². The van der Waals surface area contributed by atoms with Gasteiger partial charge < -0.3 is 11.1 Å². The smallest absolute Gasteiger partial charge is 0.276 e. The third-order valence-corrected chi connectivity index (χ3v) is 1.86. The second kappa shape index (κ2) is 4.35. The lowest BCUT2D eigenvalue weighted by atomic mass is 10.3. The zero-order chi connectivity index (χ0) is 11.4. The lowest BCUT2D eigenvalue weighted by Gasteiger charge is -2.03. The molecule has 0 aliphatic carbocycles. The van der Waals surface area contributed by atoms with Gasteiger partial charge in [0.1, 0.15) is 5.82 Å². The van der Waals surface area contributed by atoms with Crippen molar-refractivity contribution in [1.82, 2.24) is 15.2 Å². The van der Waals surface area contributed by atoms with E-state index in [0.29, 0.717) is 5.69 Å². The Labute approximate surface area is 91.5 Å². The molecule has 6 nitrogen and oxygen atoms in total. The lowest BCUT2D eigenvalue weighted by molar-refractivity contribution is 0.102. The van der Waals surface area contributed by atoms with Crippen molar-refractivity contribution in [2.45, 2.75) is 0 Å². The number of pyridine rings is 1. The van der Waals surface area contributed by atoms with Crippen LogP contribution in [-0.2, 0) is 0 Å². The van der Waals surface area contributed by atoms with Crippen LogP contribution in [-0.4, -0.2) is 21.1 Å². The molecule has 2 aromatic heterocycles. The molecule has 0 spiro atoms. The van der Waals surface area contributed by atoms with Gasteiger partial charge in [0, 0.05) is 18.1 Å². The first-order chi connectivity index (χ1) is 7.75. The molecule has 0 atom stereocenters. The Morgan fingerprint density at radius 1 is 1.12 bits per heavy atom. The van der Waals surface area contributed by atoms with Gasteiger partial charge in [-0.05, 0) is 24.3 Å². The van der Waals surface area contributed by atoms with Crippen LogP contribution < -0.4 is 11.1 Å². The number of nitrogens with two attached hydrogens (primary N) is 1. The molecule has 6 heteroatoms. The zero-order valence-electron chi connectivity index (χ0n) is 8.29. The number of nitrogen functional groups attached to an aromatic ring is 1. The van der Waals surface area contributed by atoms with E-state index in [9.17, 15) is 4.79 Å². The SMILES string of the molecule is Nc1ccc(C(=O)Nc2ccncc2)nn1. The highest BCUT2D eigenvalue weighted by Gasteiger charge is 2.07. The van der Waals surface area contributed by atoms with Crippen LogP contribution in [0.5, 0.6) is 0 Å². The van der Waals surface area contributed by atoms with E-state index < -0.39 is 0 Å². The average molecular weight is 215 g/mol. The number of rotatable bonds is 2. The van der Waals surface area contributed by atoms with Crippen LogP contribution in [0, 0.1) is 0 Å². The van der Waals surface area contributed by atoms with Crippen LogP contribution in [0.3, 0.4) is 0 Å². The highest BCUT2D eigenvalue weighted by Crippen LogP contribution is 2.06. The standard InChI is InChI=1S/C10H9N5O/c11-9-2-1-8(14-15-9)10(16)13-7-3-5-12-6-4-7/h1-6H,(H2,11,15)(H,12,13,16). The van der Waals surface area contributed by atoms with Crippen LogP contribution >= 0.6 is 0 Å². The molecule has 16 heavy (non-hydrogen) atoms. The van der Waals surface area contributed by atoms with Gasteiger partial charge in [-0.15, -0.1) is 10.2 Å². The summed E-state index contributed by atoms with van der Waals surface area (Å²) in [5.41, 5.74) is 6.23. The molecule has 0 saturated carbocycles. The summed E-state index contributed by atoms with van der Waals surface area (Å²) in [6, 6.07) is 6.40. The number of anilines is 2. The number of nitrogens with one attached hydrogen (secondary N) is 1. The molecule has 0 saturated heterocycles. The summed E-state index contributed by atoms with van der Waals surface area (Å²) in [4.78, 5) is 15.5. The molecular formula is C10H9N5O. The van der Waals surface area contributed by atoms with Crippen molar-refractivity contribution in [2.75, 3.05) is 11.1 Å². The first kappa shape index (κ1) is 10.0. The van der Waals surface area contributed by atoms with E-state index in [1.54, 1.807) is 24.5 Å². The maximum atomic E-state index is 11.7. The van der Waals surface area contributed by atoms with Gasteiger partial charge >= 0.3 is 0 Å². The monoisotopic (exact) mass is 215 g/mol. The van der Waals surface area contributed by atoms with Crippen molar-refractivity contribution >= 4 is 17.4 Å². The van der Waals surface area contributed by atoms with E-state index in [4.69, 9.17) is 5.73 Å². The normalized spacial score (nSPS) is 9.75. The number of carbonyl (C=O) groups is 1. The second-order valence-electron chi connectivity index (χ2n) is 3.03. The Bertz CT molecular complexity index is 482. The van der Waals surface area contributed by atoms with Gasteiger partial charge in [0.2, 0.25) is 0 Å². The average Bonchev–Trinajstić information content (AvgIpc) is 2.31. The molecule has 2 aromatic rings. The van der Waals surface area contributed by atoms with Gasteiger partial charge in [0.25, 0.3) is 5.91 Å². The first-order valence-electron chi connectivity index (χ1n) is 4.56. The molecule has 0 fully saturated rings. The fourth-order valence-electron chi connectivity index (χ4n) is 1.09. The molecule has 2 heterocycles. The van der Waals surface area contributed by atoms with E-state index in [1.807, 2.05) is 0 Å². The summed E-state index contributed by atoms with van der Waals surface area (Å²) in [6.45, 7) is 0. The summed E-state index contributed by atoms with van der Waals surface area (Å²) in [6.07, 6.45) is 3.18. The number of hydrogen-bond donors (Lipinski definition) is 2. The summed E-state index contributed by atoms with van der Waals surface area (Å²) in [7, 11) is 0. The number of nitrogens with zero attached hydrogens (tertiary/aromatic N) is 3. The van der Waals surface area contributed by atoms with Crippen molar-refractivity contribution in [3.8, 4) is 0 Å². The van der Waals surface area contributed by atoms with E-state index >= 15 is 0 Å². The minimum Gasteiger partial charge on any atom is -0.382 e. The molecule has 2 rings (SSSR count). The third-order valence-electron chi connectivity index (χ3n) is 1.86. The summed E-state index contributed by atoms with van der Waals surface area (Å²) < 4.78 is 0. The number of hydrogen-bond acceptors (Lipinski definition) is 5. The van der Waals surface area contributed by atoms with Crippen LogP contribution in [0.25, 0.3) is 0 Å². The molecule has 0 aliphatic heterocycles. The van der Waals surface area contributed by atoms with Crippen molar-refractivity contribution in [3.05, 3.63) is 42.4 Å². The maximum Gasteiger partial charge on any atom is 0.276 e. The summed E-state index contributed by atoms with van der Waals surface area (Å²) in [5, 5.41) is 9.92. The molecule has 80 valence electrons. The Kier molecular flexibility index (Phi) is 2.73. The Morgan fingerprint density at radius 2 is 1.88 bits per heavy atom. The highest BCUT2D eigenvalue weighted by atomic mass is 16.1. The predicted molar refractivity (Wildman–Crippen MR) is 58.6 cm³/mol. The summed E-state index contributed by atoms with van der Waals surface area (Å²) >= 11 is 0. The molecule has 0 bridgehead atoms. The van der Waals surface area contributed by atoms with Crippen LogP contribution in [0.4, 0.5) is 11.5 Å². The largest absolute Gasteiger partial charge is 0.382 e. The van der Waals surface area contributed by atoms with E-state index in [0.717, 1.165) is 0 Å². The van der Waals surface area contributed by atoms with E-state index in [1.165, 1.54) is 12.1 Å². The lowest BCUT2D eigenvalue weighted by Crippen LogP contribution is -2.14. The molecule has 0 radical (unpaired) electrons. The van der Waals surface area contributed by atoms with Crippen molar-refractivity contribution in [1.29, 1.82) is 0 Å². The van der Waals surface area contributed by atoms with Crippen LogP contribution in [0.2, 0.25) is 0 Å². The Balaban J connectivity index is 2.12. The van der Waals surface area contributed by atoms with Gasteiger partial charge in [-0.2, -0.15) is 0 Å². The molecule has 0 unspecified atom stereocenters. The van der Waals surface area contributed by atoms with Crippen molar-refractivity contribution < 1.29 is 4.79 Å². The van der Waals surface area contributed by atoms with Crippen LogP contribution in [0.1, 0.15) is 10.5 Å². The molecule has 0 aromatic carbocycles. The quantitative estimate of drug-likeness (QED) is 0.769. The second-order valence-corrected chi connectivity index (χ2v) is 3.03. The van der Waals surface area contributed by atoms with Crippen molar-refractivity contribution in [3.63, 3.8) is 0 Å². The van der Waals surface area contributed by atoms with E-state index in [-0.39, 0.29) is 17.4 Å². The minimum absolute atomic E-state index is 0.214. The fourth-order valence-corrected chi connectivity index (χ4v) is 1.09. The van der Waals surface area contributed by atoms with Gasteiger partial charge in [-0.25, -0.2) is 0 Å². The summed E-state index contributed by atoms with van der Waals surface area (Å²) in [5.74, 6) is -0.0563. The molecule has 1 amide bonds. The van der Waals surface area contributed by atoms with Crippen LogP contribution in [0.15, 0.2) is 36.7 Å². The van der Waals surface area contributed by atoms with Crippen molar-refractivity contribution in [2.24, 2.45) is 0 Å². The van der Waals surface area contributed by atoms with E-state index in [2.05, 4.69) is 20.5 Å². The highest BCUT2D eigenvalue weighted by molar-refractivity contribution is 6.02.